The maximum absolute atomic E-state index is 13.1. The Morgan fingerprint density at radius 1 is 1.00 bits per heavy atom. The van der Waals surface area contributed by atoms with Crippen molar-refractivity contribution in [1.29, 1.82) is 0 Å². The molecule has 27 heavy (non-hydrogen) atoms. The number of anilines is 1. The molecule has 7 heteroatoms. The van der Waals surface area contributed by atoms with E-state index in [4.69, 9.17) is 14.3 Å². The lowest BCUT2D eigenvalue weighted by molar-refractivity contribution is -0.126. The molecule has 2 aliphatic rings. The van der Waals surface area contributed by atoms with Crippen LogP contribution in [0.25, 0.3) is 0 Å². The van der Waals surface area contributed by atoms with Gasteiger partial charge in [-0.15, -0.1) is 0 Å². The minimum atomic E-state index is -0.968. The molecule has 7 nitrogen and oxygen atoms in total. The number of hydrogen-bond donors (Lipinski definition) is 0. The first kappa shape index (κ1) is 17.1. The fourth-order valence-corrected chi connectivity index (χ4v) is 3.36. The van der Waals surface area contributed by atoms with E-state index in [1.165, 1.54) is 7.11 Å². The zero-order valence-corrected chi connectivity index (χ0v) is 15.1. The SMILES string of the molecule is COc1ccc(OC)c(C2=NOC3C(=O)N(c4ccc(C)cc4)C(=O)C23)c1. The predicted octanol–water partition coefficient (Wildman–Crippen LogP) is 2.30. The summed E-state index contributed by atoms with van der Waals surface area (Å²) in [6, 6.07) is 12.4. The quantitative estimate of drug-likeness (QED) is 0.776. The van der Waals surface area contributed by atoms with Crippen molar-refractivity contribution >= 4 is 23.2 Å². The van der Waals surface area contributed by atoms with Crippen molar-refractivity contribution in [2.75, 3.05) is 19.1 Å². The number of hydrogen-bond acceptors (Lipinski definition) is 6. The summed E-state index contributed by atoms with van der Waals surface area (Å²) >= 11 is 0. The number of nitrogens with zero attached hydrogens (tertiary/aromatic N) is 2. The molecule has 2 aliphatic heterocycles. The van der Waals surface area contributed by atoms with E-state index in [-0.39, 0.29) is 5.91 Å². The number of oxime groups is 1. The largest absolute Gasteiger partial charge is 0.497 e. The predicted molar refractivity (Wildman–Crippen MR) is 98.1 cm³/mol. The van der Waals surface area contributed by atoms with E-state index in [9.17, 15) is 9.59 Å². The Morgan fingerprint density at radius 3 is 2.41 bits per heavy atom. The van der Waals surface area contributed by atoms with Gasteiger partial charge in [-0.1, -0.05) is 22.9 Å². The van der Waals surface area contributed by atoms with Crippen LogP contribution in [0.15, 0.2) is 47.6 Å². The average molecular weight is 366 g/mol. The molecule has 4 rings (SSSR count). The van der Waals surface area contributed by atoms with Gasteiger partial charge in [0.1, 0.15) is 23.1 Å². The molecule has 2 unspecified atom stereocenters. The number of ether oxygens (including phenoxy) is 2. The summed E-state index contributed by atoms with van der Waals surface area (Å²) in [6.07, 6.45) is -0.968. The molecular formula is C20H18N2O5. The van der Waals surface area contributed by atoms with Crippen molar-refractivity contribution < 1.29 is 23.9 Å². The van der Waals surface area contributed by atoms with Crippen molar-refractivity contribution in [2.24, 2.45) is 11.1 Å². The third kappa shape index (κ3) is 2.63. The molecular weight excluding hydrogens is 348 g/mol. The first-order valence-electron chi connectivity index (χ1n) is 8.45. The number of carbonyl (C=O) groups excluding carboxylic acids is 2. The Kier molecular flexibility index (Phi) is 4.07. The Morgan fingerprint density at radius 2 is 1.74 bits per heavy atom. The minimum Gasteiger partial charge on any atom is -0.497 e. The lowest BCUT2D eigenvalue weighted by Gasteiger charge is -2.16. The van der Waals surface area contributed by atoms with Gasteiger partial charge in [-0.2, -0.15) is 0 Å². The molecule has 138 valence electrons. The second-order valence-corrected chi connectivity index (χ2v) is 6.39. The smallest absolute Gasteiger partial charge is 0.278 e. The third-order valence-corrected chi connectivity index (χ3v) is 4.79. The summed E-state index contributed by atoms with van der Waals surface area (Å²) in [5.74, 6) is -0.499. The van der Waals surface area contributed by atoms with Crippen LogP contribution in [0.3, 0.4) is 0 Å². The number of amides is 2. The highest BCUT2D eigenvalue weighted by molar-refractivity contribution is 6.32. The van der Waals surface area contributed by atoms with Gasteiger partial charge in [0.05, 0.1) is 19.9 Å². The monoisotopic (exact) mass is 366 g/mol. The lowest BCUT2D eigenvalue weighted by Crippen LogP contribution is -2.33. The number of methoxy groups -OCH3 is 2. The van der Waals surface area contributed by atoms with Crippen molar-refractivity contribution in [3.05, 3.63) is 53.6 Å². The highest BCUT2D eigenvalue weighted by Crippen LogP contribution is 2.38. The van der Waals surface area contributed by atoms with Crippen LogP contribution >= 0.6 is 0 Å². The number of aryl methyl sites for hydroxylation is 1. The summed E-state index contributed by atoms with van der Waals surface area (Å²) in [5, 5.41) is 4.03. The number of imide groups is 1. The average Bonchev–Trinajstić information content (AvgIpc) is 3.22. The molecule has 2 amide bonds. The van der Waals surface area contributed by atoms with Crippen LogP contribution in [0.2, 0.25) is 0 Å². The Bertz CT molecular complexity index is 951. The van der Waals surface area contributed by atoms with Crippen LogP contribution in [0.4, 0.5) is 5.69 Å². The van der Waals surface area contributed by atoms with Gasteiger partial charge >= 0.3 is 0 Å². The molecule has 0 aliphatic carbocycles. The third-order valence-electron chi connectivity index (χ3n) is 4.79. The van der Waals surface area contributed by atoms with Gasteiger partial charge in [0, 0.05) is 5.56 Å². The topological polar surface area (TPSA) is 77.4 Å². The first-order valence-corrected chi connectivity index (χ1v) is 8.45. The van der Waals surface area contributed by atoms with E-state index in [0.29, 0.717) is 28.5 Å². The van der Waals surface area contributed by atoms with Crippen molar-refractivity contribution in [1.82, 2.24) is 0 Å². The van der Waals surface area contributed by atoms with E-state index in [2.05, 4.69) is 5.16 Å². The van der Waals surface area contributed by atoms with Gasteiger partial charge in [-0.25, -0.2) is 4.90 Å². The van der Waals surface area contributed by atoms with Gasteiger partial charge in [0.2, 0.25) is 12.0 Å². The molecule has 0 bridgehead atoms. The van der Waals surface area contributed by atoms with E-state index in [0.717, 1.165) is 10.5 Å². The molecule has 0 N–H and O–H groups in total. The fourth-order valence-electron chi connectivity index (χ4n) is 3.36. The Hall–Kier alpha value is -3.35. The molecule has 0 radical (unpaired) electrons. The van der Waals surface area contributed by atoms with Crippen LogP contribution in [0.1, 0.15) is 11.1 Å². The molecule has 0 saturated carbocycles. The molecule has 1 fully saturated rings. The molecule has 0 aromatic heterocycles. The number of rotatable bonds is 4. The summed E-state index contributed by atoms with van der Waals surface area (Å²) < 4.78 is 10.7. The van der Waals surface area contributed by atoms with Crippen molar-refractivity contribution in [3.8, 4) is 11.5 Å². The molecule has 2 atom stereocenters. The van der Waals surface area contributed by atoms with E-state index < -0.39 is 17.9 Å². The summed E-state index contributed by atoms with van der Waals surface area (Å²) in [5.41, 5.74) is 2.49. The van der Waals surface area contributed by atoms with Gasteiger partial charge < -0.3 is 14.3 Å². The number of carbonyl (C=O) groups is 2. The second kappa shape index (κ2) is 6.42. The highest BCUT2D eigenvalue weighted by atomic mass is 16.7. The molecule has 2 aromatic carbocycles. The zero-order chi connectivity index (χ0) is 19.1. The summed E-state index contributed by atoms with van der Waals surface area (Å²) in [4.78, 5) is 32.4. The van der Waals surface area contributed by atoms with Crippen LogP contribution in [0, 0.1) is 12.8 Å². The van der Waals surface area contributed by atoms with Gasteiger partial charge in [0.15, 0.2) is 0 Å². The Labute approximate surface area is 156 Å². The van der Waals surface area contributed by atoms with E-state index >= 15 is 0 Å². The van der Waals surface area contributed by atoms with Gasteiger partial charge in [-0.05, 0) is 37.3 Å². The van der Waals surface area contributed by atoms with Crippen LogP contribution in [-0.4, -0.2) is 37.8 Å². The first-order chi connectivity index (χ1) is 13.0. The van der Waals surface area contributed by atoms with Crippen LogP contribution < -0.4 is 14.4 Å². The normalized spacial score (nSPS) is 21.0. The molecule has 0 spiro atoms. The van der Waals surface area contributed by atoms with Gasteiger partial charge in [-0.3, -0.25) is 9.59 Å². The zero-order valence-electron chi connectivity index (χ0n) is 15.1. The van der Waals surface area contributed by atoms with Gasteiger partial charge in [0.25, 0.3) is 5.91 Å². The number of fused-ring (bicyclic) bond motifs is 1. The van der Waals surface area contributed by atoms with Crippen LogP contribution in [-0.2, 0) is 14.4 Å². The lowest BCUT2D eigenvalue weighted by atomic mass is 9.93. The van der Waals surface area contributed by atoms with E-state index in [1.54, 1.807) is 37.4 Å². The maximum atomic E-state index is 13.1. The van der Waals surface area contributed by atoms with Crippen molar-refractivity contribution in [2.45, 2.75) is 13.0 Å². The van der Waals surface area contributed by atoms with Crippen molar-refractivity contribution in [3.63, 3.8) is 0 Å². The summed E-state index contributed by atoms with van der Waals surface area (Å²) in [6.45, 7) is 1.94. The highest BCUT2D eigenvalue weighted by Gasteiger charge is 2.56. The summed E-state index contributed by atoms with van der Waals surface area (Å²) in [7, 11) is 3.07. The molecule has 2 aromatic rings. The standard InChI is InChI=1S/C20H18N2O5/c1-11-4-6-12(7-5-11)22-19(23)16-17(21-27-18(16)20(22)24)14-10-13(25-2)8-9-15(14)26-3/h4-10,16,18H,1-3H3. The Balaban J connectivity index is 1.73. The maximum Gasteiger partial charge on any atom is 0.278 e. The fraction of sp³-hybridized carbons (Fsp3) is 0.250. The van der Waals surface area contributed by atoms with Crippen LogP contribution in [0.5, 0.6) is 11.5 Å². The second-order valence-electron chi connectivity index (χ2n) is 6.39. The molecule has 1 saturated heterocycles. The minimum absolute atomic E-state index is 0.365. The van der Waals surface area contributed by atoms with E-state index in [1.807, 2.05) is 19.1 Å². The molecule has 2 heterocycles. The number of benzene rings is 2.